The lowest BCUT2D eigenvalue weighted by atomic mass is 9.79. The molecule has 1 aromatic heterocycles. The number of imidazole rings is 1. The van der Waals surface area contributed by atoms with E-state index in [4.69, 9.17) is 40.6 Å². The Morgan fingerprint density at radius 1 is 1.15 bits per heavy atom. The van der Waals surface area contributed by atoms with Gasteiger partial charge in [-0.1, -0.05) is 33.8 Å². The predicted molar refractivity (Wildman–Crippen MR) is 178 cm³/mol. The number of carbonyl (C=O) groups excluding carboxylic acids is 2. The number of hydrogen-bond acceptors (Lipinski definition) is 10. The summed E-state index contributed by atoms with van der Waals surface area (Å²) < 4.78 is 36.6. The van der Waals surface area contributed by atoms with Crippen LogP contribution in [0.15, 0.2) is 36.9 Å². The van der Waals surface area contributed by atoms with Crippen molar-refractivity contribution in [3.63, 3.8) is 0 Å². The van der Waals surface area contributed by atoms with Crippen molar-refractivity contribution >= 4 is 29.5 Å². The van der Waals surface area contributed by atoms with Gasteiger partial charge in [0, 0.05) is 38.4 Å². The van der Waals surface area contributed by atoms with Crippen LogP contribution in [0, 0.1) is 23.7 Å². The molecule has 0 radical (unpaired) electrons. The number of rotatable bonds is 15. The molecule has 1 fully saturated rings. The summed E-state index contributed by atoms with van der Waals surface area (Å²) >= 11 is 5.72. The van der Waals surface area contributed by atoms with E-state index in [0.717, 1.165) is 5.56 Å². The second kappa shape index (κ2) is 17.0. The van der Waals surface area contributed by atoms with Crippen LogP contribution in [0.1, 0.15) is 79.4 Å². The molecule has 5 atom stereocenters. The zero-order valence-corrected chi connectivity index (χ0v) is 29.4. The molecule has 0 bridgehead atoms. The second-order valence-electron chi connectivity index (χ2n) is 13.3. The number of benzene rings is 1. The molecule has 2 aromatic rings. The summed E-state index contributed by atoms with van der Waals surface area (Å²) in [7, 11) is 3.25. The summed E-state index contributed by atoms with van der Waals surface area (Å²) in [5.74, 6) is 0.569. The number of methoxy groups -OCH3 is 2. The Morgan fingerprint density at radius 3 is 2.46 bits per heavy atom. The highest BCUT2D eigenvalue weighted by Gasteiger charge is 2.43. The number of ether oxygens (including phenoxy) is 6. The first kappa shape index (κ1) is 37.1. The number of esters is 1. The summed E-state index contributed by atoms with van der Waals surface area (Å²) in [5, 5.41) is 3.26. The number of nitrogens with one attached hydrogen (secondary N) is 1. The van der Waals surface area contributed by atoms with Crippen LogP contribution in [0.5, 0.6) is 11.5 Å². The van der Waals surface area contributed by atoms with Crippen molar-refractivity contribution in [1.82, 2.24) is 14.9 Å². The maximum Gasteiger partial charge on any atom is 0.408 e. The molecule has 1 aliphatic heterocycles. The van der Waals surface area contributed by atoms with E-state index >= 15 is 0 Å². The molecule has 46 heavy (non-hydrogen) atoms. The highest BCUT2D eigenvalue weighted by atomic mass is 32.1. The minimum Gasteiger partial charge on any atom is -0.493 e. The lowest BCUT2D eigenvalue weighted by molar-refractivity contribution is -0.146. The Labute approximate surface area is 278 Å². The molecule has 0 spiro atoms. The van der Waals surface area contributed by atoms with E-state index in [-0.39, 0.29) is 34.8 Å². The van der Waals surface area contributed by atoms with E-state index in [0.29, 0.717) is 44.0 Å². The summed E-state index contributed by atoms with van der Waals surface area (Å²) in [5.41, 5.74) is 0.104. The Morgan fingerprint density at radius 2 is 1.89 bits per heavy atom. The van der Waals surface area contributed by atoms with Gasteiger partial charge in [0.25, 0.3) is 5.17 Å². The molecular formula is C34H51N3O8S. The fraction of sp³-hybridized carbons (Fsp3) is 0.647. The molecule has 1 aliphatic rings. The predicted octanol–water partition coefficient (Wildman–Crippen LogP) is 6.34. The van der Waals surface area contributed by atoms with Crippen LogP contribution < -0.4 is 14.8 Å². The number of cyclic esters (lactones) is 1. The van der Waals surface area contributed by atoms with Crippen LogP contribution in [0.25, 0.3) is 0 Å². The molecule has 12 heteroatoms. The minimum absolute atomic E-state index is 0.0460. The monoisotopic (exact) mass is 661 g/mol. The van der Waals surface area contributed by atoms with E-state index in [1.807, 2.05) is 52.8 Å². The zero-order chi connectivity index (χ0) is 34.0. The fourth-order valence-electron chi connectivity index (χ4n) is 5.53. The summed E-state index contributed by atoms with van der Waals surface area (Å²) in [4.78, 5) is 30.1. The second-order valence-corrected chi connectivity index (χ2v) is 13.7. The molecular weight excluding hydrogens is 610 g/mol. The first-order valence-electron chi connectivity index (χ1n) is 15.9. The highest BCUT2D eigenvalue weighted by Crippen LogP contribution is 2.41. The highest BCUT2D eigenvalue weighted by molar-refractivity contribution is 7.80. The van der Waals surface area contributed by atoms with Crippen molar-refractivity contribution < 1.29 is 38.0 Å². The van der Waals surface area contributed by atoms with E-state index in [9.17, 15) is 9.59 Å². The number of carbonyl (C=O) groups is 2. The van der Waals surface area contributed by atoms with Gasteiger partial charge in [-0.15, -0.1) is 0 Å². The third-order valence-electron chi connectivity index (χ3n) is 7.99. The van der Waals surface area contributed by atoms with E-state index in [1.54, 1.807) is 37.5 Å². The number of amides is 1. The van der Waals surface area contributed by atoms with Crippen LogP contribution in [0.2, 0.25) is 0 Å². The molecule has 3 rings (SSSR count). The average Bonchev–Trinajstić information content (AvgIpc) is 3.66. The van der Waals surface area contributed by atoms with Gasteiger partial charge in [-0.3, -0.25) is 9.36 Å². The lowest BCUT2D eigenvalue weighted by Crippen LogP contribution is -2.47. The van der Waals surface area contributed by atoms with Crippen molar-refractivity contribution in [2.24, 2.45) is 23.7 Å². The Bertz CT molecular complexity index is 1280. The Balaban J connectivity index is 2.03. The molecule has 256 valence electrons. The van der Waals surface area contributed by atoms with Gasteiger partial charge in [0.1, 0.15) is 24.1 Å². The average molecular weight is 662 g/mol. The van der Waals surface area contributed by atoms with Crippen LogP contribution in [0.3, 0.4) is 0 Å². The first-order chi connectivity index (χ1) is 21.7. The largest absolute Gasteiger partial charge is 0.493 e. The number of hydrogen-bond donors (Lipinski definition) is 1. The molecule has 2 heterocycles. The molecule has 1 unspecified atom stereocenters. The van der Waals surface area contributed by atoms with Crippen LogP contribution in [0.4, 0.5) is 4.79 Å². The normalized spacial score (nSPS) is 18.5. The number of aromatic nitrogens is 2. The molecule has 11 nitrogen and oxygen atoms in total. The molecule has 1 N–H and O–H groups in total. The van der Waals surface area contributed by atoms with Gasteiger partial charge in [0.15, 0.2) is 11.5 Å². The molecule has 0 saturated carbocycles. The van der Waals surface area contributed by atoms with E-state index in [1.165, 1.54) is 0 Å². The standard InChI is InChI=1S/C34H51N3O8S/c1-21(2)24(18-26(36-32(39)45-34(5,6)7)28-19-25(22(3)4)31(38)43-28)30(44-33(46)37-14-13-35-20-37)23-11-12-27(41-9)29(17-23)42-16-10-15-40-8/h11-14,17,20-22,24-26,28,30H,10,15-16,18-19H2,1-9H3,(H,36,39)/t24-,25-,26-,28-,30?/m0/s1. The van der Waals surface area contributed by atoms with Gasteiger partial charge in [0.05, 0.1) is 25.7 Å². The van der Waals surface area contributed by atoms with Gasteiger partial charge in [-0.05, 0) is 75.4 Å². The number of thiocarbonyl (C=S) groups is 1. The van der Waals surface area contributed by atoms with Crippen LogP contribution in [-0.4, -0.2) is 72.0 Å². The number of alkyl carbamates (subject to hydrolysis) is 1. The van der Waals surface area contributed by atoms with Crippen molar-refractivity contribution in [2.45, 2.75) is 91.6 Å². The summed E-state index contributed by atoms with van der Waals surface area (Å²) in [6.45, 7) is 14.6. The molecule has 1 amide bonds. The van der Waals surface area contributed by atoms with Gasteiger partial charge in [-0.25, -0.2) is 9.78 Å². The zero-order valence-electron chi connectivity index (χ0n) is 28.6. The SMILES string of the molecule is COCCCOc1cc(C(OC(=S)n2ccnc2)[C@@H](C[C@H](NC(=O)OC(C)(C)C)[C@@H]2C[C@@H](C(C)C)C(=O)O2)C(C)C)ccc1OC. The van der Waals surface area contributed by atoms with Crippen molar-refractivity contribution in [3.05, 3.63) is 42.5 Å². The van der Waals surface area contributed by atoms with E-state index in [2.05, 4.69) is 24.1 Å². The smallest absolute Gasteiger partial charge is 0.408 e. The van der Waals surface area contributed by atoms with Gasteiger partial charge >= 0.3 is 12.1 Å². The summed E-state index contributed by atoms with van der Waals surface area (Å²) in [6, 6.07) is 5.13. The van der Waals surface area contributed by atoms with Gasteiger partial charge < -0.3 is 33.7 Å². The van der Waals surface area contributed by atoms with Gasteiger partial charge in [-0.2, -0.15) is 0 Å². The quantitative estimate of drug-likeness (QED) is 0.132. The third kappa shape index (κ3) is 10.6. The summed E-state index contributed by atoms with van der Waals surface area (Å²) in [6.07, 6.45) is 4.84. The van der Waals surface area contributed by atoms with Crippen molar-refractivity contribution in [1.29, 1.82) is 0 Å². The molecule has 0 aliphatic carbocycles. The van der Waals surface area contributed by atoms with Crippen molar-refractivity contribution in [3.8, 4) is 11.5 Å². The maximum absolute atomic E-state index is 13.1. The lowest BCUT2D eigenvalue weighted by Gasteiger charge is -2.35. The minimum atomic E-state index is -0.704. The maximum atomic E-state index is 13.1. The molecule has 1 aromatic carbocycles. The topological polar surface area (TPSA) is 119 Å². The number of nitrogens with zero attached hydrogens (tertiary/aromatic N) is 2. The fourth-order valence-corrected chi connectivity index (χ4v) is 5.74. The van der Waals surface area contributed by atoms with Crippen LogP contribution >= 0.6 is 12.2 Å². The van der Waals surface area contributed by atoms with E-state index < -0.39 is 29.9 Å². The van der Waals surface area contributed by atoms with Crippen molar-refractivity contribution in [2.75, 3.05) is 27.4 Å². The van der Waals surface area contributed by atoms with Gasteiger partial charge in [0.2, 0.25) is 0 Å². The first-order valence-corrected chi connectivity index (χ1v) is 16.3. The Hall–Kier alpha value is -3.38. The van der Waals surface area contributed by atoms with Crippen LogP contribution in [-0.2, 0) is 23.7 Å². The molecule has 1 saturated heterocycles. The third-order valence-corrected chi connectivity index (χ3v) is 8.30. The Kier molecular flexibility index (Phi) is 13.7.